The number of carbonyl (C=O) groups is 4. The molecule has 2 fully saturated rings. The molecule has 1 aromatic rings. The predicted molar refractivity (Wildman–Crippen MR) is 159 cm³/mol. The summed E-state index contributed by atoms with van der Waals surface area (Å²) in [5.74, 6) is 0.415. The number of hydrogen-bond acceptors (Lipinski definition) is 7. The highest BCUT2D eigenvalue weighted by atomic mass is 16.6. The number of methoxy groups -OCH3 is 2. The summed E-state index contributed by atoms with van der Waals surface area (Å²) in [7, 11) is 2.97. The van der Waals surface area contributed by atoms with Gasteiger partial charge in [-0.15, -0.1) is 0 Å². The third kappa shape index (κ3) is 10.5. The summed E-state index contributed by atoms with van der Waals surface area (Å²) in [6.45, 7) is 7.92. The summed E-state index contributed by atoms with van der Waals surface area (Å²) in [6, 6.07) is 7.33. The summed E-state index contributed by atoms with van der Waals surface area (Å²) in [6.07, 6.45) is 5.40. The molecule has 0 aliphatic carbocycles. The van der Waals surface area contributed by atoms with Gasteiger partial charge in [0.2, 0.25) is 11.8 Å². The maximum Gasteiger partial charge on any atom is 0.410 e. The zero-order valence-electron chi connectivity index (χ0n) is 26.0. The van der Waals surface area contributed by atoms with Crippen molar-refractivity contribution < 1.29 is 33.4 Å². The highest BCUT2D eigenvalue weighted by Crippen LogP contribution is 2.26. The Labute approximate surface area is 250 Å². The first-order valence-corrected chi connectivity index (χ1v) is 15.2. The normalized spacial score (nSPS) is 18.6. The van der Waals surface area contributed by atoms with Crippen LogP contribution in [0.3, 0.4) is 0 Å². The van der Waals surface area contributed by atoms with Crippen molar-refractivity contribution in [3.8, 4) is 5.75 Å². The predicted octanol–water partition coefficient (Wildman–Crippen LogP) is 4.34. The minimum atomic E-state index is -0.512. The van der Waals surface area contributed by atoms with Gasteiger partial charge in [0, 0.05) is 38.6 Å². The molecule has 42 heavy (non-hydrogen) atoms. The van der Waals surface area contributed by atoms with Crippen LogP contribution in [0.25, 0.3) is 0 Å². The number of para-hydroxylation sites is 1. The van der Waals surface area contributed by atoms with Crippen molar-refractivity contribution in [2.45, 2.75) is 90.2 Å². The molecule has 2 heterocycles. The van der Waals surface area contributed by atoms with E-state index in [4.69, 9.17) is 14.2 Å². The second kappa shape index (κ2) is 15.8. The molecule has 0 bridgehead atoms. The summed E-state index contributed by atoms with van der Waals surface area (Å²) in [5, 5.41) is 3.07. The van der Waals surface area contributed by atoms with Crippen molar-refractivity contribution in [2.24, 2.45) is 11.8 Å². The number of hydrogen-bond donors (Lipinski definition) is 1. The van der Waals surface area contributed by atoms with Gasteiger partial charge in [0.05, 0.1) is 26.6 Å². The molecule has 0 spiro atoms. The number of nitrogens with zero attached hydrogens (tertiary/aromatic N) is 2. The fraction of sp³-hybridized carbons (Fsp3) is 0.688. The van der Waals surface area contributed by atoms with Crippen molar-refractivity contribution in [2.75, 3.05) is 40.4 Å². The first-order valence-electron chi connectivity index (χ1n) is 15.2. The number of nitrogens with one attached hydrogen (secondary N) is 1. The maximum absolute atomic E-state index is 13.3. The van der Waals surface area contributed by atoms with E-state index in [1.165, 1.54) is 7.11 Å². The van der Waals surface area contributed by atoms with Crippen LogP contribution >= 0.6 is 0 Å². The van der Waals surface area contributed by atoms with Crippen LogP contribution in [0, 0.1) is 11.8 Å². The van der Waals surface area contributed by atoms with Crippen molar-refractivity contribution in [1.29, 1.82) is 0 Å². The summed E-state index contributed by atoms with van der Waals surface area (Å²) in [5.41, 5.74) is 0.497. The molecule has 3 amide bonds. The van der Waals surface area contributed by atoms with Gasteiger partial charge >= 0.3 is 12.1 Å². The van der Waals surface area contributed by atoms with Crippen molar-refractivity contribution in [3.05, 3.63) is 29.8 Å². The molecule has 2 saturated heterocycles. The Hall–Kier alpha value is -3.30. The second-order valence-electron chi connectivity index (χ2n) is 12.5. The van der Waals surface area contributed by atoms with Gasteiger partial charge in [-0.1, -0.05) is 18.2 Å². The molecule has 2 atom stereocenters. The maximum atomic E-state index is 13.3. The highest BCUT2D eigenvalue weighted by Gasteiger charge is 2.31. The van der Waals surface area contributed by atoms with Crippen molar-refractivity contribution >= 4 is 23.9 Å². The summed E-state index contributed by atoms with van der Waals surface area (Å²) < 4.78 is 15.8. The van der Waals surface area contributed by atoms with E-state index in [0.717, 1.165) is 37.0 Å². The van der Waals surface area contributed by atoms with E-state index in [9.17, 15) is 19.2 Å². The lowest BCUT2D eigenvalue weighted by Crippen LogP contribution is -2.48. The topological polar surface area (TPSA) is 114 Å². The number of piperidine rings is 2. The zero-order chi connectivity index (χ0) is 30.7. The molecule has 0 aromatic heterocycles. The van der Waals surface area contributed by atoms with E-state index in [1.807, 2.05) is 49.9 Å². The Morgan fingerprint density at radius 3 is 2.38 bits per heavy atom. The number of aryl methyl sites for hydroxylation is 1. The van der Waals surface area contributed by atoms with Crippen molar-refractivity contribution in [1.82, 2.24) is 15.1 Å². The lowest BCUT2D eigenvalue weighted by molar-refractivity contribution is -0.141. The van der Waals surface area contributed by atoms with Crippen LogP contribution < -0.4 is 10.1 Å². The smallest absolute Gasteiger partial charge is 0.410 e. The molecule has 0 saturated carbocycles. The minimum absolute atomic E-state index is 0.0735. The fourth-order valence-electron chi connectivity index (χ4n) is 5.70. The number of ether oxygens (including phenoxy) is 3. The number of likely N-dealkylation sites (tertiary alicyclic amines) is 2. The van der Waals surface area contributed by atoms with Gasteiger partial charge in [-0.3, -0.25) is 14.4 Å². The average Bonchev–Trinajstić information content (AvgIpc) is 2.98. The fourth-order valence-corrected chi connectivity index (χ4v) is 5.70. The molecule has 0 radical (unpaired) electrons. The standard InChI is InChI=1S/C32H49N3O7/c1-32(2,3)42-31(39)34-19-16-23(17-20-34)12-15-28(36)35-18-8-10-25(22-35)30(38)33-26(21-29(37)41-5)14-13-24-9-6-7-11-27(24)40-4/h6-7,9,11,23,25-26H,8,10,12-22H2,1-5H3,(H,33,38)/t25-,26-/m1/s1. The Bertz CT molecular complexity index is 1060. The van der Waals surface area contributed by atoms with Gasteiger partial charge in [-0.05, 0) is 83.3 Å². The number of carbonyl (C=O) groups excluding carboxylic acids is 4. The van der Waals surface area contributed by atoms with Crippen molar-refractivity contribution in [3.63, 3.8) is 0 Å². The molecule has 2 aliphatic heterocycles. The first-order chi connectivity index (χ1) is 20.0. The van der Waals surface area contributed by atoms with Gasteiger partial charge in [-0.25, -0.2) is 4.79 Å². The highest BCUT2D eigenvalue weighted by molar-refractivity contribution is 5.82. The van der Waals surface area contributed by atoms with E-state index < -0.39 is 5.60 Å². The van der Waals surface area contributed by atoms with E-state index in [-0.39, 0.29) is 42.3 Å². The Kier molecular flexibility index (Phi) is 12.5. The molecule has 2 aliphatic rings. The first kappa shape index (κ1) is 33.2. The number of benzene rings is 1. The van der Waals surface area contributed by atoms with Crippen LogP contribution in [0.15, 0.2) is 24.3 Å². The number of rotatable bonds is 11. The molecule has 3 rings (SSSR count). The van der Waals surface area contributed by atoms with Gasteiger partial charge in [0.15, 0.2) is 0 Å². The lowest BCUT2D eigenvalue weighted by atomic mass is 9.91. The SMILES string of the molecule is COC(=O)C[C@@H](CCc1ccccc1OC)NC(=O)[C@@H]1CCCN(C(=O)CCC2CCN(C(=O)OC(C)(C)C)CC2)C1. The number of esters is 1. The Morgan fingerprint density at radius 1 is 1.00 bits per heavy atom. The quantitative estimate of drug-likeness (QED) is 0.383. The van der Waals surface area contributed by atoms with Gasteiger partial charge in [-0.2, -0.15) is 0 Å². The molecule has 1 N–H and O–H groups in total. The molecule has 1 aromatic carbocycles. The van der Waals surface area contributed by atoms with Crippen LogP contribution in [0.5, 0.6) is 5.75 Å². The summed E-state index contributed by atoms with van der Waals surface area (Å²) >= 11 is 0. The average molecular weight is 588 g/mol. The molecule has 0 unspecified atom stereocenters. The van der Waals surface area contributed by atoms with Crippen LogP contribution in [0.4, 0.5) is 4.79 Å². The monoisotopic (exact) mass is 587 g/mol. The van der Waals surface area contributed by atoms with Crippen LogP contribution in [0.1, 0.15) is 77.7 Å². The third-order valence-corrected chi connectivity index (χ3v) is 8.12. The molecule has 234 valence electrons. The summed E-state index contributed by atoms with van der Waals surface area (Å²) in [4.78, 5) is 54.4. The third-order valence-electron chi connectivity index (χ3n) is 8.12. The number of amides is 3. The van der Waals surface area contributed by atoms with Crippen LogP contribution in [-0.4, -0.2) is 85.7 Å². The van der Waals surface area contributed by atoms with E-state index >= 15 is 0 Å². The largest absolute Gasteiger partial charge is 0.496 e. The molecular weight excluding hydrogens is 538 g/mol. The second-order valence-corrected chi connectivity index (χ2v) is 12.5. The molecule has 10 nitrogen and oxygen atoms in total. The van der Waals surface area contributed by atoms with E-state index in [2.05, 4.69) is 5.32 Å². The van der Waals surface area contributed by atoms with Crippen LogP contribution in [-0.2, 0) is 30.3 Å². The zero-order valence-corrected chi connectivity index (χ0v) is 26.0. The minimum Gasteiger partial charge on any atom is -0.496 e. The molecular formula is C32H49N3O7. The Morgan fingerprint density at radius 2 is 1.71 bits per heavy atom. The van der Waals surface area contributed by atoms with Gasteiger partial charge < -0.3 is 29.3 Å². The molecule has 10 heteroatoms. The van der Waals surface area contributed by atoms with Gasteiger partial charge in [0.25, 0.3) is 0 Å². The van der Waals surface area contributed by atoms with E-state index in [1.54, 1.807) is 12.0 Å². The van der Waals surface area contributed by atoms with E-state index in [0.29, 0.717) is 57.8 Å². The Balaban J connectivity index is 1.47. The van der Waals surface area contributed by atoms with Gasteiger partial charge in [0.1, 0.15) is 11.4 Å². The lowest BCUT2D eigenvalue weighted by Gasteiger charge is -2.35. The van der Waals surface area contributed by atoms with Crippen LogP contribution in [0.2, 0.25) is 0 Å².